The van der Waals surface area contributed by atoms with Gasteiger partial charge in [-0.05, 0) is 0 Å². The number of alkyl halides is 8. The van der Waals surface area contributed by atoms with Gasteiger partial charge in [0.05, 0.1) is 0 Å². The van der Waals surface area contributed by atoms with Gasteiger partial charge in [-0.15, -0.1) is 6.58 Å². The minimum atomic E-state index is -6.12. The second-order valence-electron chi connectivity index (χ2n) is 3.65. The van der Waals surface area contributed by atoms with E-state index >= 15 is 0 Å². The molecule has 134 valence electrons. The molecular formula is C9H13F8NO3S. The molecular weight excluding hydrogens is 354 g/mol. The fourth-order valence-electron chi connectivity index (χ4n) is 0.836. The molecule has 13 heteroatoms. The van der Waals surface area contributed by atoms with E-state index < -0.39 is 46.5 Å². The summed E-state index contributed by atoms with van der Waals surface area (Å²) in [6.07, 6.45) is -15.2. The monoisotopic (exact) mass is 367 g/mol. The SMILES string of the molecule is C=CCN.O=S(=O)(O)C(F)C(F)(F)C(F)C(F)C(F)C(F)F. The maximum Gasteiger partial charge on any atom is 0.328 e. The third-order valence-corrected chi connectivity index (χ3v) is 2.76. The summed E-state index contributed by atoms with van der Waals surface area (Å²) in [6, 6.07) is 0. The Kier molecular flexibility index (Phi) is 9.80. The van der Waals surface area contributed by atoms with Crippen molar-refractivity contribution in [3.8, 4) is 0 Å². The summed E-state index contributed by atoms with van der Waals surface area (Å²) in [6.45, 7) is 3.94. The first-order chi connectivity index (χ1) is 9.74. The van der Waals surface area contributed by atoms with E-state index in [1.807, 2.05) is 0 Å². The van der Waals surface area contributed by atoms with Gasteiger partial charge in [0.15, 0.2) is 12.3 Å². The van der Waals surface area contributed by atoms with Crippen LogP contribution in [0.4, 0.5) is 35.1 Å². The summed E-state index contributed by atoms with van der Waals surface area (Å²) in [4.78, 5) is 0. The Bertz CT molecular complexity index is 433. The molecule has 0 aromatic heterocycles. The third kappa shape index (κ3) is 6.87. The zero-order chi connectivity index (χ0) is 18.3. The molecule has 0 radical (unpaired) electrons. The third-order valence-electron chi connectivity index (χ3n) is 1.92. The lowest BCUT2D eigenvalue weighted by atomic mass is 10.1. The highest BCUT2D eigenvalue weighted by atomic mass is 32.2. The van der Waals surface area contributed by atoms with Crippen LogP contribution in [0.2, 0.25) is 0 Å². The molecule has 0 aliphatic heterocycles. The molecule has 4 nitrogen and oxygen atoms in total. The topological polar surface area (TPSA) is 80.4 Å². The van der Waals surface area contributed by atoms with Crippen LogP contribution < -0.4 is 5.73 Å². The molecule has 0 heterocycles. The van der Waals surface area contributed by atoms with E-state index in [0.717, 1.165) is 0 Å². The van der Waals surface area contributed by atoms with E-state index in [0.29, 0.717) is 6.54 Å². The first kappa shape index (κ1) is 23.3. The van der Waals surface area contributed by atoms with E-state index in [2.05, 4.69) is 6.58 Å². The number of hydrogen-bond acceptors (Lipinski definition) is 3. The van der Waals surface area contributed by atoms with Gasteiger partial charge < -0.3 is 5.73 Å². The Morgan fingerprint density at radius 1 is 1.09 bits per heavy atom. The quantitative estimate of drug-likeness (QED) is 0.411. The minimum absolute atomic E-state index is 0.583. The van der Waals surface area contributed by atoms with Crippen molar-refractivity contribution in [1.29, 1.82) is 0 Å². The molecule has 4 unspecified atom stereocenters. The molecule has 4 atom stereocenters. The van der Waals surface area contributed by atoms with Gasteiger partial charge in [0.1, 0.15) is 0 Å². The van der Waals surface area contributed by atoms with Crippen LogP contribution in [0.15, 0.2) is 12.7 Å². The summed E-state index contributed by atoms with van der Waals surface area (Å²) in [7, 11) is -6.12. The van der Waals surface area contributed by atoms with Crippen molar-refractivity contribution in [3.63, 3.8) is 0 Å². The predicted molar refractivity (Wildman–Crippen MR) is 61.3 cm³/mol. The van der Waals surface area contributed by atoms with E-state index in [4.69, 9.17) is 10.3 Å². The predicted octanol–water partition coefficient (Wildman–Crippen LogP) is 2.22. The van der Waals surface area contributed by atoms with Crippen LogP contribution in [0.1, 0.15) is 0 Å². The summed E-state index contributed by atoms with van der Waals surface area (Å²) in [5.74, 6) is -5.73. The molecule has 0 amide bonds. The number of rotatable bonds is 7. The zero-order valence-electron chi connectivity index (χ0n) is 10.7. The average molecular weight is 367 g/mol. The molecule has 0 spiro atoms. The molecule has 22 heavy (non-hydrogen) atoms. The summed E-state index contributed by atoms with van der Waals surface area (Å²) >= 11 is 0. The second kappa shape index (κ2) is 9.25. The molecule has 0 bridgehead atoms. The highest BCUT2D eigenvalue weighted by molar-refractivity contribution is 7.86. The minimum Gasteiger partial charge on any atom is -0.327 e. The molecule has 0 saturated heterocycles. The largest absolute Gasteiger partial charge is 0.328 e. The molecule has 0 saturated carbocycles. The van der Waals surface area contributed by atoms with Gasteiger partial charge in [-0.2, -0.15) is 17.2 Å². The zero-order valence-corrected chi connectivity index (χ0v) is 11.5. The first-order valence-corrected chi connectivity index (χ1v) is 6.74. The fraction of sp³-hybridized carbons (Fsp3) is 0.778. The number of hydrogen-bond donors (Lipinski definition) is 2. The highest BCUT2D eigenvalue weighted by Gasteiger charge is 2.60. The molecule has 3 N–H and O–H groups in total. The van der Waals surface area contributed by atoms with Gasteiger partial charge in [0.25, 0.3) is 11.9 Å². The number of nitrogens with two attached hydrogens (primary N) is 1. The van der Waals surface area contributed by atoms with Crippen LogP contribution in [-0.2, 0) is 10.1 Å². The van der Waals surface area contributed by atoms with Crippen LogP contribution in [0.25, 0.3) is 0 Å². The van der Waals surface area contributed by atoms with Crippen LogP contribution in [0.5, 0.6) is 0 Å². The Morgan fingerprint density at radius 2 is 1.45 bits per heavy atom. The second-order valence-corrected chi connectivity index (χ2v) is 5.10. The Labute approximate surface area is 120 Å². The Morgan fingerprint density at radius 3 is 1.68 bits per heavy atom. The first-order valence-electron chi connectivity index (χ1n) is 5.24. The van der Waals surface area contributed by atoms with Crippen LogP contribution in [0.3, 0.4) is 0 Å². The van der Waals surface area contributed by atoms with E-state index in [1.165, 1.54) is 0 Å². The fourth-order valence-corrected chi connectivity index (χ4v) is 1.36. The molecule has 0 fully saturated rings. The summed E-state index contributed by atoms with van der Waals surface area (Å²) < 4.78 is 126. The highest BCUT2D eigenvalue weighted by Crippen LogP contribution is 2.35. The van der Waals surface area contributed by atoms with Crippen LogP contribution >= 0.6 is 0 Å². The molecule has 0 aromatic carbocycles. The van der Waals surface area contributed by atoms with Crippen molar-refractivity contribution in [2.24, 2.45) is 5.73 Å². The Balaban J connectivity index is 0. The lowest BCUT2D eigenvalue weighted by Crippen LogP contribution is -2.51. The lowest BCUT2D eigenvalue weighted by Gasteiger charge is -2.25. The molecule has 0 rings (SSSR count). The molecule has 0 aliphatic rings. The van der Waals surface area contributed by atoms with Crippen molar-refractivity contribution >= 4 is 10.1 Å². The molecule has 0 aliphatic carbocycles. The van der Waals surface area contributed by atoms with E-state index in [9.17, 15) is 43.5 Å². The standard InChI is InChI=1S/C6H6F8O3S.C3H7N/c7-1(2(8)4(10)11)3(9)6(13,14)5(12)18(15,16)17;1-2-3-4/h1-5H,(H,15,16,17);2H,1,3-4H2. The van der Waals surface area contributed by atoms with Gasteiger partial charge in [-0.1, -0.05) is 6.08 Å². The number of halogens is 8. The van der Waals surface area contributed by atoms with Gasteiger partial charge in [0, 0.05) is 6.54 Å². The Hall–Kier alpha value is -0.950. The molecule has 0 aromatic rings. The maximum atomic E-state index is 12.7. The van der Waals surface area contributed by atoms with Crippen molar-refractivity contribution < 1.29 is 48.1 Å². The van der Waals surface area contributed by atoms with Crippen LogP contribution in [0, 0.1) is 0 Å². The van der Waals surface area contributed by atoms with Gasteiger partial charge in [-0.25, -0.2) is 26.3 Å². The van der Waals surface area contributed by atoms with Crippen molar-refractivity contribution in [2.75, 3.05) is 6.54 Å². The van der Waals surface area contributed by atoms with E-state index in [-0.39, 0.29) is 0 Å². The summed E-state index contributed by atoms with van der Waals surface area (Å²) in [5.41, 5.74) is 0.302. The normalized spacial score (nSPS) is 18.0. The van der Waals surface area contributed by atoms with Gasteiger partial charge >= 0.3 is 16.0 Å². The summed E-state index contributed by atoms with van der Waals surface area (Å²) in [5, 5.41) is 0. The average Bonchev–Trinajstić information content (AvgIpc) is 2.42. The smallest absolute Gasteiger partial charge is 0.327 e. The van der Waals surface area contributed by atoms with Crippen molar-refractivity contribution in [3.05, 3.63) is 12.7 Å². The van der Waals surface area contributed by atoms with E-state index in [1.54, 1.807) is 6.08 Å². The van der Waals surface area contributed by atoms with Gasteiger partial charge in [-0.3, -0.25) is 4.55 Å². The van der Waals surface area contributed by atoms with Crippen molar-refractivity contribution in [2.45, 2.75) is 36.4 Å². The maximum absolute atomic E-state index is 12.7. The van der Waals surface area contributed by atoms with Crippen molar-refractivity contribution in [1.82, 2.24) is 0 Å². The van der Waals surface area contributed by atoms with Gasteiger partial charge in [0.2, 0.25) is 6.17 Å². The van der Waals surface area contributed by atoms with Crippen LogP contribution in [-0.4, -0.2) is 55.9 Å². The lowest BCUT2D eigenvalue weighted by molar-refractivity contribution is -0.146.